The topological polar surface area (TPSA) is 147 Å². The Balaban J connectivity index is 6.73. The van der Waals surface area contributed by atoms with E-state index in [4.69, 9.17) is 9.47 Å². The molecule has 0 aromatic carbocycles. The van der Waals surface area contributed by atoms with E-state index in [1.807, 2.05) is 0 Å². The van der Waals surface area contributed by atoms with Crippen LogP contribution in [0.15, 0.2) is 0 Å². The Kier molecular flexibility index (Phi) is 8.89. The second-order valence-corrected chi connectivity index (χ2v) is 6.09. The molecule has 0 fully saturated rings. The average molecular weight is 376 g/mol. The number of Topliss-reactive ketones (excluding diaryl/α,β-unsaturated/α-hetero) is 1. The van der Waals surface area contributed by atoms with Gasteiger partial charge in [0.1, 0.15) is 17.8 Å². The lowest BCUT2D eigenvalue weighted by atomic mass is 9.61. The number of aliphatic hydroxyl groups excluding tert-OH is 1. The Morgan fingerprint density at radius 1 is 1.04 bits per heavy atom. The molecule has 0 radical (unpaired) electrons. The maximum atomic E-state index is 12.8. The molecule has 0 rings (SSSR count). The van der Waals surface area contributed by atoms with Gasteiger partial charge in [0.25, 0.3) is 0 Å². The van der Waals surface area contributed by atoms with E-state index >= 15 is 0 Å². The lowest BCUT2D eigenvalue weighted by molar-refractivity contribution is -0.219. The predicted molar refractivity (Wildman–Crippen MR) is 89.5 cm³/mol. The third kappa shape index (κ3) is 4.21. The van der Waals surface area contributed by atoms with Crippen molar-refractivity contribution in [3.63, 3.8) is 0 Å². The summed E-state index contributed by atoms with van der Waals surface area (Å²) in [5, 5.41) is 28.8. The normalized spacial score (nSPS) is 16.2. The van der Waals surface area contributed by atoms with Crippen LogP contribution in [0.25, 0.3) is 0 Å². The number of aliphatic hydroxyl groups is 1. The first-order chi connectivity index (χ1) is 12.0. The fourth-order valence-electron chi connectivity index (χ4n) is 3.30. The molecule has 3 unspecified atom stereocenters. The Morgan fingerprint density at radius 2 is 1.54 bits per heavy atom. The molecule has 0 bridgehead atoms. The van der Waals surface area contributed by atoms with Gasteiger partial charge in [-0.2, -0.15) is 0 Å². The molecule has 0 aliphatic rings. The van der Waals surface area contributed by atoms with Crippen LogP contribution in [0.2, 0.25) is 0 Å². The number of hydrogen-bond acceptors (Lipinski definition) is 7. The zero-order chi connectivity index (χ0) is 20.7. The van der Waals surface area contributed by atoms with Gasteiger partial charge in [-0.15, -0.1) is 0 Å². The summed E-state index contributed by atoms with van der Waals surface area (Å²) in [6, 6.07) is 0. The largest absolute Gasteiger partial charge is 0.481 e. The maximum absolute atomic E-state index is 12.8. The Bertz CT molecular complexity index is 522. The molecule has 0 saturated heterocycles. The smallest absolute Gasteiger partial charge is 0.338 e. The number of rotatable bonds is 12. The second-order valence-electron chi connectivity index (χ2n) is 6.09. The molecule has 0 amide bonds. The summed E-state index contributed by atoms with van der Waals surface area (Å²) < 4.78 is 10.4. The Labute approximate surface area is 152 Å². The number of carbonyl (C=O) groups is 4. The summed E-state index contributed by atoms with van der Waals surface area (Å²) in [4.78, 5) is 48.9. The van der Waals surface area contributed by atoms with Gasteiger partial charge in [-0.25, -0.2) is 4.79 Å². The first-order valence-electron chi connectivity index (χ1n) is 8.44. The van der Waals surface area contributed by atoms with Crippen molar-refractivity contribution in [3.8, 4) is 0 Å². The number of hydrogen-bond donors (Lipinski definition) is 3. The summed E-state index contributed by atoms with van der Waals surface area (Å²) >= 11 is 0. The minimum Gasteiger partial charge on any atom is -0.481 e. The van der Waals surface area contributed by atoms with E-state index in [0.717, 1.165) is 6.92 Å². The van der Waals surface area contributed by atoms with Crippen LogP contribution >= 0.6 is 0 Å². The summed E-state index contributed by atoms with van der Waals surface area (Å²) in [6.45, 7) is 6.08. The van der Waals surface area contributed by atoms with Gasteiger partial charge in [-0.1, -0.05) is 13.8 Å². The second kappa shape index (κ2) is 9.63. The van der Waals surface area contributed by atoms with Crippen molar-refractivity contribution in [2.75, 3.05) is 13.2 Å². The highest BCUT2D eigenvalue weighted by molar-refractivity contribution is 6.06. The van der Waals surface area contributed by atoms with Gasteiger partial charge in [-0.3, -0.25) is 14.4 Å². The molecule has 0 aromatic rings. The van der Waals surface area contributed by atoms with E-state index in [1.54, 1.807) is 0 Å². The number of aliphatic carboxylic acids is 2. The van der Waals surface area contributed by atoms with E-state index in [1.165, 1.54) is 27.7 Å². The van der Waals surface area contributed by atoms with Crippen molar-refractivity contribution in [1.82, 2.24) is 0 Å². The van der Waals surface area contributed by atoms with E-state index in [0.29, 0.717) is 0 Å². The lowest BCUT2D eigenvalue weighted by Crippen LogP contribution is -2.67. The summed E-state index contributed by atoms with van der Waals surface area (Å²) in [7, 11) is 0. The van der Waals surface area contributed by atoms with Crippen LogP contribution in [0.3, 0.4) is 0 Å². The molecule has 0 aliphatic heterocycles. The molecule has 9 nitrogen and oxygen atoms in total. The number of carboxylic acid groups (broad SMARTS) is 2. The van der Waals surface area contributed by atoms with Crippen LogP contribution in [0.4, 0.5) is 0 Å². The van der Waals surface area contributed by atoms with Crippen molar-refractivity contribution < 1.29 is 44.0 Å². The molecule has 150 valence electrons. The Morgan fingerprint density at radius 3 is 1.81 bits per heavy atom. The van der Waals surface area contributed by atoms with E-state index in [-0.39, 0.29) is 19.4 Å². The highest BCUT2D eigenvalue weighted by Gasteiger charge is 2.68. The molecule has 0 aliphatic carbocycles. The van der Waals surface area contributed by atoms with Crippen LogP contribution in [-0.4, -0.2) is 63.9 Å². The van der Waals surface area contributed by atoms with Crippen LogP contribution in [0.1, 0.15) is 47.5 Å². The average Bonchev–Trinajstić information content (AvgIpc) is 2.53. The zero-order valence-electron chi connectivity index (χ0n) is 15.8. The van der Waals surface area contributed by atoms with E-state index in [9.17, 15) is 34.5 Å². The minimum atomic E-state index is -2.65. The van der Waals surface area contributed by atoms with Gasteiger partial charge < -0.3 is 24.8 Å². The molecule has 0 aromatic heterocycles. The zero-order valence-corrected chi connectivity index (χ0v) is 15.8. The number of ketones is 1. The van der Waals surface area contributed by atoms with Crippen LogP contribution in [0, 0.1) is 11.3 Å². The molecule has 3 N–H and O–H groups in total. The fraction of sp³-hybridized carbons (Fsp3) is 0.765. The standard InChI is InChI=1S/C17H28O9/c1-6-16(7-2,15(24)25-9-10(4)18)17(14(22)23,26-8-3)12(11(5)19)13(20)21/h10,12,18H,6-9H2,1-5H3,(H,20,21)(H,22,23). The molecule has 9 heteroatoms. The molecule has 3 atom stereocenters. The van der Waals surface area contributed by atoms with Gasteiger partial charge in [0.2, 0.25) is 5.60 Å². The van der Waals surface area contributed by atoms with Gasteiger partial charge in [0, 0.05) is 6.61 Å². The van der Waals surface area contributed by atoms with Crippen molar-refractivity contribution >= 4 is 23.7 Å². The SMILES string of the molecule is CCOC(C(=O)O)(C(C(C)=O)C(=O)O)C(CC)(CC)C(=O)OCC(C)O. The third-order valence-electron chi connectivity index (χ3n) is 4.51. The third-order valence-corrected chi connectivity index (χ3v) is 4.51. The van der Waals surface area contributed by atoms with Crippen molar-refractivity contribution in [2.45, 2.75) is 59.2 Å². The molecule has 0 spiro atoms. The van der Waals surface area contributed by atoms with Crippen molar-refractivity contribution in [1.29, 1.82) is 0 Å². The van der Waals surface area contributed by atoms with Crippen LogP contribution < -0.4 is 0 Å². The van der Waals surface area contributed by atoms with E-state index < -0.39 is 53.3 Å². The lowest BCUT2D eigenvalue weighted by Gasteiger charge is -2.46. The van der Waals surface area contributed by atoms with Crippen LogP contribution in [-0.2, 0) is 28.7 Å². The molecular formula is C17H28O9. The summed E-state index contributed by atoms with van der Waals surface area (Å²) in [5.74, 6) is -7.55. The summed E-state index contributed by atoms with van der Waals surface area (Å²) in [5.41, 5.74) is -4.60. The van der Waals surface area contributed by atoms with Crippen LogP contribution in [0.5, 0.6) is 0 Å². The fourth-order valence-corrected chi connectivity index (χ4v) is 3.30. The number of carbonyl (C=O) groups excluding carboxylic acids is 2. The van der Waals surface area contributed by atoms with Gasteiger partial charge in [0.05, 0.1) is 6.10 Å². The van der Waals surface area contributed by atoms with Gasteiger partial charge in [-0.05, 0) is 33.6 Å². The summed E-state index contributed by atoms with van der Waals surface area (Å²) in [6.07, 6.45) is -1.29. The van der Waals surface area contributed by atoms with Crippen molar-refractivity contribution in [2.24, 2.45) is 11.3 Å². The monoisotopic (exact) mass is 376 g/mol. The van der Waals surface area contributed by atoms with Crippen molar-refractivity contribution in [3.05, 3.63) is 0 Å². The highest BCUT2D eigenvalue weighted by atomic mass is 16.6. The molecular weight excluding hydrogens is 348 g/mol. The first-order valence-corrected chi connectivity index (χ1v) is 8.44. The molecule has 0 saturated carbocycles. The van der Waals surface area contributed by atoms with Gasteiger partial charge >= 0.3 is 17.9 Å². The van der Waals surface area contributed by atoms with E-state index in [2.05, 4.69) is 0 Å². The predicted octanol–water partition coefficient (Wildman–Crippen LogP) is 0.867. The highest BCUT2D eigenvalue weighted by Crippen LogP contribution is 2.48. The first kappa shape index (κ1) is 24.0. The van der Waals surface area contributed by atoms with Gasteiger partial charge in [0.15, 0.2) is 5.92 Å². The quantitative estimate of drug-likeness (QED) is 0.333. The molecule has 26 heavy (non-hydrogen) atoms. The number of esters is 1. The maximum Gasteiger partial charge on any atom is 0.338 e. The molecule has 0 heterocycles. The Hall–Kier alpha value is -2.00. The minimum absolute atomic E-state index is 0.147. The number of ether oxygens (including phenoxy) is 2. The number of carboxylic acids is 2.